The molecule has 20 heavy (non-hydrogen) atoms. The molecule has 2 rings (SSSR count). The molecule has 0 unspecified atom stereocenters. The standard InChI is InChI=1S/C16H20N2O2/c1-3-8-18(9-10-19)16(20)11-14-12(2)17-15-7-5-4-6-13(14)15/h3-7,17,19H,1,8-11H2,2H3. The van der Waals surface area contributed by atoms with Gasteiger partial charge in [0.25, 0.3) is 0 Å². The van der Waals surface area contributed by atoms with E-state index in [4.69, 9.17) is 5.11 Å². The summed E-state index contributed by atoms with van der Waals surface area (Å²) in [5.74, 6) is 0.00630. The first-order chi connectivity index (χ1) is 9.67. The smallest absolute Gasteiger partial charge is 0.227 e. The van der Waals surface area contributed by atoms with Crippen molar-refractivity contribution in [1.29, 1.82) is 0 Å². The Hall–Kier alpha value is -2.07. The molecule has 0 atom stereocenters. The van der Waals surface area contributed by atoms with E-state index < -0.39 is 0 Å². The van der Waals surface area contributed by atoms with Crippen molar-refractivity contribution in [1.82, 2.24) is 9.88 Å². The first-order valence-corrected chi connectivity index (χ1v) is 6.73. The Morgan fingerprint density at radius 3 is 2.90 bits per heavy atom. The predicted octanol–water partition coefficient (Wildman–Crippen LogP) is 2.03. The van der Waals surface area contributed by atoms with Crippen LogP contribution in [0, 0.1) is 6.92 Å². The van der Waals surface area contributed by atoms with Crippen LogP contribution in [0.1, 0.15) is 11.3 Å². The number of H-pyrrole nitrogens is 1. The van der Waals surface area contributed by atoms with E-state index >= 15 is 0 Å². The zero-order chi connectivity index (χ0) is 14.5. The fraction of sp³-hybridized carbons (Fsp3) is 0.312. The number of aliphatic hydroxyl groups excluding tert-OH is 1. The summed E-state index contributed by atoms with van der Waals surface area (Å²) in [7, 11) is 0. The highest BCUT2D eigenvalue weighted by molar-refractivity contribution is 5.90. The lowest BCUT2D eigenvalue weighted by atomic mass is 10.1. The van der Waals surface area contributed by atoms with Gasteiger partial charge in [-0.3, -0.25) is 4.79 Å². The largest absolute Gasteiger partial charge is 0.395 e. The fourth-order valence-electron chi connectivity index (χ4n) is 2.42. The fourth-order valence-corrected chi connectivity index (χ4v) is 2.42. The van der Waals surface area contributed by atoms with Crippen molar-refractivity contribution >= 4 is 16.8 Å². The summed E-state index contributed by atoms with van der Waals surface area (Å²) >= 11 is 0. The molecule has 4 nitrogen and oxygen atoms in total. The third kappa shape index (κ3) is 2.91. The molecule has 2 N–H and O–H groups in total. The van der Waals surface area contributed by atoms with Gasteiger partial charge in [-0.05, 0) is 18.6 Å². The van der Waals surface area contributed by atoms with E-state index in [0.29, 0.717) is 19.5 Å². The molecule has 4 heteroatoms. The molecular formula is C16H20N2O2. The Bertz CT molecular complexity index is 616. The van der Waals surface area contributed by atoms with E-state index in [2.05, 4.69) is 11.6 Å². The van der Waals surface area contributed by atoms with Crippen molar-refractivity contribution in [3.05, 3.63) is 48.2 Å². The third-order valence-corrected chi connectivity index (χ3v) is 3.43. The summed E-state index contributed by atoms with van der Waals surface area (Å²) in [6.45, 7) is 6.39. The molecule has 0 radical (unpaired) electrons. The average molecular weight is 272 g/mol. The number of carbonyl (C=O) groups excluding carboxylic acids is 1. The topological polar surface area (TPSA) is 56.3 Å². The molecule has 0 saturated carbocycles. The van der Waals surface area contributed by atoms with Crippen LogP contribution in [0.3, 0.4) is 0 Å². The van der Waals surface area contributed by atoms with Gasteiger partial charge in [0.2, 0.25) is 5.91 Å². The highest BCUT2D eigenvalue weighted by Crippen LogP contribution is 2.22. The van der Waals surface area contributed by atoms with Crippen LogP contribution in [-0.4, -0.2) is 40.6 Å². The number of benzene rings is 1. The van der Waals surface area contributed by atoms with Crippen LogP contribution in [-0.2, 0) is 11.2 Å². The number of amides is 1. The Morgan fingerprint density at radius 1 is 1.45 bits per heavy atom. The number of aryl methyl sites for hydroxylation is 1. The molecule has 0 fully saturated rings. The van der Waals surface area contributed by atoms with Crippen LogP contribution in [0.4, 0.5) is 0 Å². The predicted molar refractivity (Wildman–Crippen MR) is 80.6 cm³/mol. The van der Waals surface area contributed by atoms with Crippen LogP contribution in [0.5, 0.6) is 0 Å². The van der Waals surface area contributed by atoms with Gasteiger partial charge in [-0.2, -0.15) is 0 Å². The summed E-state index contributed by atoms with van der Waals surface area (Å²) < 4.78 is 0. The minimum Gasteiger partial charge on any atom is -0.395 e. The number of nitrogens with one attached hydrogen (secondary N) is 1. The molecule has 0 saturated heterocycles. The number of aliphatic hydroxyl groups is 1. The number of hydrogen-bond donors (Lipinski definition) is 2. The number of hydrogen-bond acceptors (Lipinski definition) is 2. The third-order valence-electron chi connectivity index (χ3n) is 3.43. The lowest BCUT2D eigenvalue weighted by Gasteiger charge is -2.20. The summed E-state index contributed by atoms with van der Waals surface area (Å²) in [6.07, 6.45) is 2.01. The Labute approximate surface area is 118 Å². The van der Waals surface area contributed by atoms with E-state index in [9.17, 15) is 4.79 Å². The average Bonchev–Trinajstić information content (AvgIpc) is 2.75. The molecule has 2 aromatic rings. The van der Waals surface area contributed by atoms with Gasteiger partial charge in [0.1, 0.15) is 0 Å². The van der Waals surface area contributed by atoms with Gasteiger partial charge in [0, 0.05) is 29.7 Å². The number of para-hydroxylation sites is 1. The molecule has 0 aliphatic carbocycles. The lowest BCUT2D eigenvalue weighted by molar-refractivity contribution is -0.130. The van der Waals surface area contributed by atoms with Crippen molar-refractivity contribution in [2.24, 2.45) is 0 Å². The molecular weight excluding hydrogens is 252 g/mol. The highest BCUT2D eigenvalue weighted by atomic mass is 16.3. The van der Waals surface area contributed by atoms with E-state index in [-0.39, 0.29) is 12.5 Å². The lowest BCUT2D eigenvalue weighted by Crippen LogP contribution is -2.34. The number of fused-ring (bicyclic) bond motifs is 1. The highest BCUT2D eigenvalue weighted by Gasteiger charge is 2.16. The normalized spacial score (nSPS) is 10.7. The Morgan fingerprint density at radius 2 is 2.20 bits per heavy atom. The van der Waals surface area contributed by atoms with Gasteiger partial charge in [-0.1, -0.05) is 24.3 Å². The van der Waals surface area contributed by atoms with Crippen LogP contribution in [0.2, 0.25) is 0 Å². The molecule has 0 aliphatic rings. The minimum atomic E-state index is -0.0353. The molecule has 1 heterocycles. The summed E-state index contributed by atoms with van der Waals surface area (Å²) in [5, 5.41) is 10.1. The monoisotopic (exact) mass is 272 g/mol. The summed E-state index contributed by atoms with van der Waals surface area (Å²) in [6, 6.07) is 7.97. The maximum Gasteiger partial charge on any atom is 0.227 e. The number of aromatic amines is 1. The second-order valence-electron chi connectivity index (χ2n) is 4.80. The number of aromatic nitrogens is 1. The Kier molecular flexibility index (Phi) is 4.58. The SMILES string of the molecule is C=CCN(CCO)C(=O)Cc1c(C)[nH]c2ccccc12. The maximum absolute atomic E-state index is 12.3. The van der Waals surface area contributed by atoms with Crippen LogP contribution < -0.4 is 0 Å². The van der Waals surface area contributed by atoms with Crippen LogP contribution >= 0.6 is 0 Å². The van der Waals surface area contributed by atoms with Crippen molar-refractivity contribution < 1.29 is 9.90 Å². The number of nitrogens with zero attached hydrogens (tertiary/aromatic N) is 1. The molecule has 0 bridgehead atoms. The van der Waals surface area contributed by atoms with E-state index in [0.717, 1.165) is 22.2 Å². The Balaban J connectivity index is 2.24. The van der Waals surface area contributed by atoms with E-state index in [1.165, 1.54) is 0 Å². The number of rotatable bonds is 6. The van der Waals surface area contributed by atoms with Gasteiger partial charge in [-0.25, -0.2) is 0 Å². The van der Waals surface area contributed by atoms with Gasteiger partial charge < -0.3 is 15.0 Å². The van der Waals surface area contributed by atoms with Crippen molar-refractivity contribution in [3.63, 3.8) is 0 Å². The van der Waals surface area contributed by atoms with Gasteiger partial charge in [-0.15, -0.1) is 6.58 Å². The van der Waals surface area contributed by atoms with E-state index in [1.54, 1.807) is 11.0 Å². The molecule has 0 spiro atoms. The molecule has 1 aromatic carbocycles. The summed E-state index contributed by atoms with van der Waals surface area (Å²) in [5.41, 5.74) is 3.09. The van der Waals surface area contributed by atoms with Crippen molar-refractivity contribution in [2.45, 2.75) is 13.3 Å². The maximum atomic E-state index is 12.3. The first-order valence-electron chi connectivity index (χ1n) is 6.73. The molecule has 106 valence electrons. The quantitative estimate of drug-likeness (QED) is 0.791. The second-order valence-corrected chi connectivity index (χ2v) is 4.80. The first kappa shape index (κ1) is 14.3. The van der Waals surface area contributed by atoms with Gasteiger partial charge in [0.15, 0.2) is 0 Å². The van der Waals surface area contributed by atoms with Gasteiger partial charge >= 0.3 is 0 Å². The molecule has 1 amide bonds. The van der Waals surface area contributed by atoms with Crippen LogP contribution in [0.15, 0.2) is 36.9 Å². The van der Waals surface area contributed by atoms with Gasteiger partial charge in [0.05, 0.1) is 13.0 Å². The van der Waals surface area contributed by atoms with Crippen LogP contribution in [0.25, 0.3) is 10.9 Å². The number of carbonyl (C=O) groups is 1. The molecule has 1 aromatic heterocycles. The van der Waals surface area contributed by atoms with Crippen molar-refractivity contribution in [3.8, 4) is 0 Å². The zero-order valence-electron chi connectivity index (χ0n) is 11.7. The molecule has 0 aliphatic heterocycles. The minimum absolute atomic E-state index is 0.00630. The second kappa shape index (κ2) is 6.39. The van der Waals surface area contributed by atoms with E-state index in [1.807, 2.05) is 31.2 Å². The summed E-state index contributed by atoms with van der Waals surface area (Å²) in [4.78, 5) is 17.3. The zero-order valence-corrected chi connectivity index (χ0v) is 11.7. The van der Waals surface area contributed by atoms with Crippen molar-refractivity contribution in [2.75, 3.05) is 19.7 Å².